The Kier molecular flexibility index (Phi) is 10.3. The molecule has 212 valence electrons. The van der Waals surface area contributed by atoms with Crippen LogP contribution in [0.2, 0.25) is 5.02 Å². The summed E-state index contributed by atoms with van der Waals surface area (Å²) in [6, 6.07) is 15.0. The van der Waals surface area contributed by atoms with Crippen LogP contribution in [0.3, 0.4) is 0 Å². The average molecular weight is 555 g/mol. The van der Waals surface area contributed by atoms with Gasteiger partial charge < -0.3 is 24.7 Å². The van der Waals surface area contributed by atoms with Crippen LogP contribution < -0.4 is 4.90 Å². The fourth-order valence-corrected chi connectivity index (χ4v) is 6.03. The molecule has 0 unspecified atom stereocenters. The van der Waals surface area contributed by atoms with Gasteiger partial charge in [-0.25, -0.2) is 0 Å². The molecule has 2 fully saturated rings. The zero-order valence-electron chi connectivity index (χ0n) is 23.6. The Balaban J connectivity index is 1.21. The number of likely N-dealkylation sites (tertiary alicyclic amines) is 1. The molecule has 2 aliphatic rings. The number of piperidine rings is 2. The second kappa shape index (κ2) is 13.6. The van der Waals surface area contributed by atoms with E-state index in [4.69, 9.17) is 11.6 Å². The molecule has 0 bridgehead atoms. The van der Waals surface area contributed by atoms with Crippen LogP contribution in [0.15, 0.2) is 48.5 Å². The van der Waals surface area contributed by atoms with Crippen molar-refractivity contribution in [2.24, 2.45) is 11.8 Å². The normalized spacial score (nSPS) is 17.9. The van der Waals surface area contributed by atoms with Crippen molar-refractivity contribution >= 4 is 29.1 Å². The van der Waals surface area contributed by atoms with Crippen LogP contribution >= 0.6 is 11.6 Å². The molecule has 2 aromatic carbocycles. The number of hydrogen-bond acceptors (Lipinski definition) is 5. The molecule has 1 N–H and O–H groups in total. The van der Waals surface area contributed by atoms with E-state index in [2.05, 4.69) is 9.80 Å². The number of anilines is 1. The maximum atomic E-state index is 12.8. The van der Waals surface area contributed by atoms with E-state index in [0.717, 1.165) is 64.1 Å². The number of benzene rings is 2. The van der Waals surface area contributed by atoms with Gasteiger partial charge in [-0.15, -0.1) is 0 Å². The highest BCUT2D eigenvalue weighted by Gasteiger charge is 2.30. The van der Waals surface area contributed by atoms with Gasteiger partial charge >= 0.3 is 0 Å². The van der Waals surface area contributed by atoms with E-state index in [0.29, 0.717) is 34.5 Å². The number of aliphatic hydroxyl groups is 1. The zero-order chi connectivity index (χ0) is 27.9. The number of amides is 2. The predicted molar refractivity (Wildman–Crippen MR) is 157 cm³/mol. The lowest BCUT2D eigenvalue weighted by molar-refractivity contribution is -0.142. The Morgan fingerprint density at radius 2 is 1.54 bits per heavy atom. The first kappa shape index (κ1) is 29.4. The number of nitrogens with zero attached hydrogens (tertiary/aromatic N) is 4. The van der Waals surface area contributed by atoms with Gasteiger partial charge in [0.2, 0.25) is 0 Å². The molecule has 2 heterocycles. The molecule has 0 radical (unpaired) electrons. The quantitative estimate of drug-likeness (QED) is 0.492. The van der Waals surface area contributed by atoms with Crippen LogP contribution in [0.5, 0.6) is 0 Å². The van der Waals surface area contributed by atoms with Crippen molar-refractivity contribution in [3.8, 4) is 0 Å². The van der Waals surface area contributed by atoms with Crippen molar-refractivity contribution in [2.45, 2.75) is 38.2 Å². The molecule has 2 aliphatic heterocycles. The first-order valence-corrected chi connectivity index (χ1v) is 14.6. The Morgan fingerprint density at radius 3 is 2.13 bits per heavy atom. The van der Waals surface area contributed by atoms with E-state index in [1.807, 2.05) is 62.4 Å². The summed E-state index contributed by atoms with van der Waals surface area (Å²) in [5.41, 5.74) is 2.29. The van der Waals surface area contributed by atoms with Gasteiger partial charge in [0.1, 0.15) is 0 Å². The van der Waals surface area contributed by atoms with Crippen molar-refractivity contribution in [3.63, 3.8) is 0 Å². The molecule has 2 amide bonds. The summed E-state index contributed by atoms with van der Waals surface area (Å²) < 4.78 is 0. The molecule has 2 aromatic rings. The van der Waals surface area contributed by atoms with E-state index in [9.17, 15) is 14.7 Å². The monoisotopic (exact) mass is 554 g/mol. The molecule has 0 aromatic heterocycles. The Labute approximate surface area is 238 Å². The van der Waals surface area contributed by atoms with Crippen LogP contribution in [0.4, 0.5) is 5.69 Å². The van der Waals surface area contributed by atoms with Crippen molar-refractivity contribution < 1.29 is 14.7 Å². The second-order valence-electron chi connectivity index (χ2n) is 11.4. The molecule has 1 atom stereocenters. The molecule has 0 spiro atoms. The van der Waals surface area contributed by atoms with E-state index in [-0.39, 0.29) is 11.8 Å². The van der Waals surface area contributed by atoms with E-state index in [1.165, 1.54) is 6.42 Å². The standard InChI is InChI=1S/C31H43ClN4O3/c1-33(2)19-20-34(3)30(38)27-10-9-26(22-28(27)32)35-15-11-23(12-16-35)21-24-13-17-36(18-14-24)31(39)29(37)25-7-5-4-6-8-25/h4-10,22-24,29,37H,11-21H2,1-3H3/t29-/m1/s1. The first-order valence-electron chi connectivity index (χ1n) is 14.2. The van der Waals surface area contributed by atoms with Gasteiger partial charge in [-0.05, 0) is 81.8 Å². The average Bonchev–Trinajstić information content (AvgIpc) is 2.96. The van der Waals surface area contributed by atoms with Crippen molar-refractivity contribution in [1.29, 1.82) is 0 Å². The summed E-state index contributed by atoms with van der Waals surface area (Å²) in [5, 5.41) is 11.0. The van der Waals surface area contributed by atoms with Crippen LogP contribution in [-0.4, -0.2) is 92.0 Å². The zero-order valence-corrected chi connectivity index (χ0v) is 24.3. The lowest BCUT2D eigenvalue weighted by Gasteiger charge is -2.38. The largest absolute Gasteiger partial charge is 0.378 e. The number of carbonyl (C=O) groups excluding carboxylic acids is 2. The molecule has 4 rings (SSSR count). The molecule has 8 heteroatoms. The van der Waals surface area contributed by atoms with Crippen molar-refractivity contribution in [2.75, 3.05) is 65.3 Å². The molecular formula is C31H43ClN4O3. The second-order valence-corrected chi connectivity index (χ2v) is 11.8. The summed E-state index contributed by atoms with van der Waals surface area (Å²) >= 11 is 6.57. The summed E-state index contributed by atoms with van der Waals surface area (Å²) in [5.74, 6) is 1.09. The molecular weight excluding hydrogens is 512 g/mol. The van der Waals surface area contributed by atoms with Gasteiger partial charge in [-0.1, -0.05) is 41.9 Å². The summed E-state index contributed by atoms with van der Waals surface area (Å²) in [6.07, 6.45) is 4.40. The number of hydrogen-bond donors (Lipinski definition) is 1. The molecule has 39 heavy (non-hydrogen) atoms. The SMILES string of the molecule is CN(C)CCN(C)C(=O)c1ccc(N2CCC(CC3CCN(C(=O)[C@H](O)c4ccccc4)CC3)CC2)cc1Cl. The number of carbonyl (C=O) groups is 2. The molecule has 0 saturated carbocycles. The maximum absolute atomic E-state index is 12.8. The topological polar surface area (TPSA) is 67.3 Å². The molecule has 2 saturated heterocycles. The lowest BCUT2D eigenvalue weighted by Crippen LogP contribution is -2.42. The van der Waals surface area contributed by atoms with Crippen LogP contribution in [-0.2, 0) is 4.79 Å². The smallest absolute Gasteiger partial charge is 0.256 e. The molecule has 7 nitrogen and oxygen atoms in total. The maximum Gasteiger partial charge on any atom is 0.256 e. The van der Waals surface area contributed by atoms with Crippen LogP contribution in [0.25, 0.3) is 0 Å². The van der Waals surface area contributed by atoms with E-state index < -0.39 is 6.10 Å². The third kappa shape index (κ3) is 7.74. The van der Waals surface area contributed by atoms with Crippen molar-refractivity contribution in [1.82, 2.24) is 14.7 Å². The third-order valence-corrected chi connectivity index (χ3v) is 8.65. The van der Waals surface area contributed by atoms with Gasteiger partial charge in [0, 0.05) is 52.0 Å². The highest BCUT2D eigenvalue weighted by Crippen LogP contribution is 2.33. The van der Waals surface area contributed by atoms with Crippen LogP contribution in [0.1, 0.15) is 54.1 Å². The fraction of sp³-hybridized carbons (Fsp3) is 0.548. The number of halogens is 1. The van der Waals surface area contributed by atoms with E-state index in [1.54, 1.807) is 17.0 Å². The Morgan fingerprint density at radius 1 is 0.923 bits per heavy atom. The number of rotatable bonds is 9. The molecule has 0 aliphatic carbocycles. The van der Waals surface area contributed by atoms with Crippen LogP contribution in [0, 0.1) is 11.8 Å². The van der Waals surface area contributed by atoms with E-state index >= 15 is 0 Å². The Bertz CT molecular complexity index is 1100. The van der Waals surface area contributed by atoms with Gasteiger partial charge in [0.25, 0.3) is 11.8 Å². The summed E-state index contributed by atoms with van der Waals surface area (Å²) in [4.78, 5) is 33.6. The van der Waals surface area contributed by atoms with Gasteiger partial charge in [0.15, 0.2) is 6.10 Å². The third-order valence-electron chi connectivity index (χ3n) is 8.33. The fourth-order valence-electron chi connectivity index (χ4n) is 5.77. The first-order chi connectivity index (χ1) is 18.7. The Hall–Kier alpha value is -2.61. The predicted octanol–water partition coefficient (Wildman–Crippen LogP) is 4.55. The number of aliphatic hydroxyl groups excluding tert-OH is 1. The summed E-state index contributed by atoms with van der Waals surface area (Å²) in [6.45, 7) is 4.87. The highest BCUT2D eigenvalue weighted by molar-refractivity contribution is 6.34. The van der Waals surface area contributed by atoms with Gasteiger partial charge in [-0.2, -0.15) is 0 Å². The lowest BCUT2D eigenvalue weighted by atomic mass is 9.82. The summed E-state index contributed by atoms with van der Waals surface area (Å²) in [7, 11) is 5.80. The highest BCUT2D eigenvalue weighted by atomic mass is 35.5. The van der Waals surface area contributed by atoms with Gasteiger partial charge in [0.05, 0.1) is 10.6 Å². The number of likely N-dealkylation sites (N-methyl/N-ethyl adjacent to an activating group) is 2. The van der Waals surface area contributed by atoms with Crippen molar-refractivity contribution in [3.05, 3.63) is 64.7 Å². The van der Waals surface area contributed by atoms with Gasteiger partial charge in [-0.3, -0.25) is 9.59 Å². The minimum atomic E-state index is -1.07. The minimum absolute atomic E-state index is 0.0468. The minimum Gasteiger partial charge on any atom is -0.378 e.